The van der Waals surface area contributed by atoms with Crippen molar-refractivity contribution >= 4 is 17.4 Å². The van der Waals surface area contributed by atoms with Crippen LogP contribution in [0, 0.1) is 12.8 Å². The molecule has 0 N–H and O–H groups in total. The zero-order valence-electron chi connectivity index (χ0n) is 18.1. The molecule has 1 aromatic heterocycles. The summed E-state index contributed by atoms with van der Waals surface area (Å²) in [6.45, 7) is 5.21. The highest BCUT2D eigenvalue weighted by Gasteiger charge is 2.27. The van der Waals surface area contributed by atoms with Crippen LogP contribution in [0.1, 0.15) is 40.0 Å². The van der Waals surface area contributed by atoms with E-state index in [0.717, 1.165) is 55.0 Å². The second kappa shape index (κ2) is 9.67. The van der Waals surface area contributed by atoms with Crippen molar-refractivity contribution < 1.29 is 9.53 Å². The van der Waals surface area contributed by atoms with Crippen LogP contribution >= 0.6 is 11.6 Å². The van der Waals surface area contributed by atoms with Crippen LogP contribution in [-0.4, -0.2) is 40.7 Å². The molecule has 0 saturated carbocycles. The smallest absolute Gasteiger partial charge is 0.166 e. The summed E-state index contributed by atoms with van der Waals surface area (Å²) in [6, 6.07) is 17.6. The van der Waals surface area contributed by atoms with Gasteiger partial charge in [0.25, 0.3) is 0 Å². The summed E-state index contributed by atoms with van der Waals surface area (Å²) in [5, 5.41) is 5.37. The number of halogens is 1. The van der Waals surface area contributed by atoms with Crippen molar-refractivity contribution in [2.75, 3.05) is 20.2 Å². The van der Waals surface area contributed by atoms with Gasteiger partial charge in [0, 0.05) is 23.6 Å². The van der Waals surface area contributed by atoms with Gasteiger partial charge in [-0.3, -0.25) is 9.69 Å². The van der Waals surface area contributed by atoms with Crippen LogP contribution < -0.4 is 4.74 Å². The van der Waals surface area contributed by atoms with Gasteiger partial charge < -0.3 is 4.74 Å². The van der Waals surface area contributed by atoms with Crippen molar-refractivity contribution in [2.45, 2.75) is 32.9 Å². The van der Waals surface area contributed by atoms with E-state index in [0.29, 0.717) is 11.7 Å². The van der Waals surface area contributed by atoms with Crippen LogP contribution in [0.4, 0.5) is 0 Å². The van der Waals surface area contributed by atoms with Gasteiger partial charge in [-0.15, -0.1) is 0 Å². The lowest BCUT2D eigenvalue weighted by Gasteiger charge is -2.31. The highest BCUT2D eigenvalue weighted by molar-refractivity contribution is 6.30. The molecule has 2 heterocycles. The molecule has 0 unspecified atom stereocenters. The fourth-order valence-electron chi connectivity index (χ4n) is 4.20. The summed E-state index contributed by atoms with van der Waals surface area (Å²) in [5.41, 5.74) is 3.99. The number of carbonyl (C=O) groups is 1. The van der Waals surface area contributed by atoms with Gasteiger partial charge in [-0.2, -0.15) is 5.10 Å². The number of hydrogen-bond acceptors (Lipinski definition) is 4. The lowest BCUT2D eigenvalue weighted by atomic mass is 9.88. The average molecular weight is 438 g/mol. The lowest BCUT2D eigenvalue weighted by molar-refractivity contribution is 0.0834. The Morgan fingerprint density at radius 3 is 2.39 bits per heavy atom. The molecule has 0 bridgehead atoms. The topological polar surface area (TPSA) is 47.4 Å². The highest BCUT2D eigenvalue weighted by Crippen LogP contribution is 2.27. The maximum absolute atomic E-state index is 12.9. The van der Waals surface area contributed by atoms with E-state index in [1.807, 2.05) is 54.1 Å². The molecule has 1 saturated heterocycles. The Kier molecular flexibility index (Phi) is 6.73. The van der Waals surface area contributed by atoms with Crippen LogP contribution in [0.3, 0.4) is 0 Å². The molecule has 0 spiro atoms. The van der Waals surface area contributed by atoms with E-state index in [1.54, 1.807) is 7.11 Å². The summed E-state index contributed by atoms with van der Waals surface area (Å²) in [7, 11) is 1.63. The third kappa shape index (κ3) is 5.00. The minimum Gasteiger partial charge on any atom is -0.497 e. The number of likely N-dealkylation sites (tertiary alicyclic amines) is 1. The van der Waals surface area contributed by atoms with Gasteiger partial charge in [0.05, 0.1) is 19.3 Å². The monoisotopic (exact) mass is 437 g/mol. The van der Waals surface area contributed by atoms with E-state index in [9.17, 15) is 4.79 Å². The van der Waals surface area contributed by atoms with E-state index in [4.69, 9.17) is 16.3 Å². The van der Waals surface area contributed by atoms with Crippen molar-refractivity contribution in [1.82, 2.24) is 14.7 Å². The van der Waals surface area contributed by atoms with Crippen molar-refractivity contribution in [2.24, 2.45) is 5.92 Å². The summed E-state index contributed by atoms with van der Waals surface area (Å²) < 4.78 is 7.06. The van der Waals surface area contributed by atoms with Gasteiger partial charge in [-0.05, 0) is 62.7 Å². The number of aryl methyl sites for hydroxylation is 1. The first kappa shape index (κ1) is 21.6. The van der Waals surface area contributed by atoms with Gasteiger partial charge >= 0.3 is 0 Å². The number of rotatable bonds is 7. The molecule has 162 valence electrons. The Morgan fingerprint density at radius 1 is 1.06 bits per heavy atom. The fraction of sp³-hybridized carbons (Fsp3) is 0.360. The molecular weight excluding hydrogens is 410 g/mol. The number of methoxy groups -OCH3 is 1. The first-order valence-electron chi connectivity index (χ1n) is 10.7. The molecule has 1 fully saturated rings. The molecule has 0 amide bonds. The van der Waals surface area contributed by atoms with E-state index in [-0.39, 0.29) is 11.7 Å². The SMILES string of the molecule is COc1ccc(C(=O)C2CCN(Cc3c(C)nn(Cc4ccccc4)c3Cl)CC2)cc1. The number of carbonyl (C=O) groups excluding carboxylic acids is 1. The third-order valence-electron chi connectivity index (χ3n) is 6.07. The summed E-state index contributed by atoms with van der Waals surface area (Å²) in [4.78, 5) is 15.2. The Hall–Kier alpha value is -2.63. The molecule has 1 aliphatic rings. The van der Waals surface area contributed by atoms with E-state index in [1.165, 1.54) is 5.56 Å². The lowest BCUT2D eigenvalue weighted by Crippen LogP contribution is -2.36. The molecule has 1 aliphatic heterocycles. The van der Waals surface area contributed by atoms with Gasteiger partial charge in [-0.25, -0.2) is 4.68 Å². The minimum absolute atomic E-state index is 0.0713. The molecule has 3 aromatic rings. The molecule has 31 heavy (non-hydrogen) atoms. The van der Waals surface area contributed by atoms with Gasteiger partial charge in [0.2, 0.25) is 0 Å². The molecule has 2 aromatic carbocycles. The quantitative estimate of drug-likeness (QED) is 0.488. The number of Topliss-reactive ketones (excluding diaryl/α,β-unsaturated/α-hetero) is 1. The second-order valence-electron chi connectivity index (χ2n) is 8.14. The van der Waals surface area contributed by atoms with Crippen molar-refractivity contribution in [3.63, 3.8) is 0 Å². The molecule has 0 atom stereocenters. The normalized spacial score (nSPS) is 15.2. The maximum atomic E-state index is 12.9. The highest BCUT2D eigenvalue weighted by atomic mass is 35.5. The van der Waals surface area contributed by atoms with Crippen LogP contribution in [0.25, 0.3) is 0 Å². The first-order valence-corrected chi connectivity index (χ1v) is 11.1. The molecule has 0 aliphatic carbocycles. The molecule has 5 nitrogen and oxygen atoms in total. The van der Waals surface area contributed by atoms with Crippen LogP contribution in [0.15, 0.2) is 54.6 Å². The molecule has 0 radical (unpaired) electrons. The first-order chi connectivity index (χ1) is 15.0. The summed E-state index contributed by atoms with van der Waals surface area (Å²) in [6.07, 6.45) is 1.72. The zero-order chi connectivity index (χ0) is 21.8. The number of hydrogen-bond donors (Lipinski definition) is 0. The Balaban J connectivity index is 1.36. The van der Waals surface area contributed by atoms with E-state index in [2.05, 4.69) is 22.1 Å². The average Bonchev–Trinajstić information content (AvgIpc) is 3.07. The van der Waals surface area contributed by atoms with Gasteiger partial charge in [0.15, 0.2) is 5.78 Å². The molecule has 4 rings (SSSR count). The van der Waals surface area contributed by atoms with E-state index < -0.39 is 0 Å². The van der Waals surface area contributed by atoms with Gasteiger partial charge in [0.1, 0.15) is 10.9 Å². The van der Waals surface area contributed by atoms with Gasteiger partial charge in [-0.1, -0.05) is 41.9 Å². The van der Waals surface area contributed by atoms with E-state index >= 15 is 0 Å². The number of aromatic nitrogens is 2. The second-order valence-corrected chi connectivity index (χ2v) is 8.50. The summed E-state index contributed by atoms with van der Waals surface area (Å²) >= 11 is 6.69. The largest absolute Gasteiger partial charge is 0.497 e. The molecular formula is C25H28ClN3O2. The number of piperidine rings is 1. The van der Waals surface area contributed by atoms with Crippen LogP contribution in [0.2, 0.25) is 5.15 Å². The number of ketones is 1. The van der Waals surface area contributed by atoms with Crippen molar-refractivity contribution in [1.29, 1.82) is 0 Å². The predicted octanol–water partition coefficient (Wildman–Crippen LogP) is 5.00. The predicted molar refractivity (Wildman–Crippen MR) is 123 cm³/mol. The third-order valence-corrected chi connectivity index (χ3v) is 6.50. The van der Waals surface area contributed by atoms with Crippen molar-refractivity contribution in [3.05, 3.63) is 82.1 Å². The fourth-order valence-corrected chi connectivity index (χ4v) is 4.49. The summed E-state index contributed by atoms with van der Waals surface area (Å²) in [5.74, 6) is 1.07. The van der Waals surface area contributed by atoms with Crippen LogP contribution in [0.5, 0.6) is 5.75 Å². The Bertz CT molecular complexity index is 1020. The zero-order valence-corrected chi connectivity index (χ0v) is 18.8. The number of nitrogens with zero attached hydrogens (tertiary/aromatic N) is 3. The van der Waals surface area contributed by atoms with Crippen molar-refractivity contribution in [3.8, 4) is 5.75 Å². The Morgan fingerprint density at radius 2 is 1.74 bits per heavy atom. The number of benzene rings is 2. The van der Waals surface area contributed by atoms with Crippen LogP contribution in [-0.2, 0) is 13.1 Å². The standard InChI is InChI=1S/C25H28ClN3O2/c1-18-23(25(26)29(27-18)16-19-6-4-3-5-7-19)17-28-14-12-21(13-15-28)24(30)20-8-10-22(31-2)11-9-20/h3-11,21H,12-17H2,1-2H3. The maximum Gasteiger partial charge on any atom is 0.166 e. The Labute approximate surface area is 188 Å². The minimum atomic E-state index is 0.0713. The molecule has 6 heteroatoms. The number of ether oxygens (including phenoxy) is 1.